The minimum atomic E-state index is 0.430. The molecule has 0 bridgehead atoms. The standard InChI is InChI=1S/C23H34N6O/c1-19-7-9-28(17-22(19)29-10-8-25-18-29)23(24-2)26-15-20-3-5-21(6-4-20)16-27-11-13-30-14-12-27/h3-6,8,10,18-19,22H,7,9,11-17H2,1-2H3,(H,24,26). The van der Waals surface area contributed by atoms with Gasteiger partial charge in [0.05, 0.1) is 25.6 Å². The van der Waals surface area contributed by atoms with E-state index in [4.69, 9.17) is 4.74 Å². The van der Waals surface area contributed by atoms with Gasteiger partial charge in [-0.1, -0.05) is 31.2 Å². The Labute approximate surface area is 179 Å². The summed E-state index contributed by atoms with van der Waals surface area (Å²) in [6.07, 6.45) is 7.01. The van der Waals surface area contributed by atoms with Crippen LogP contribution in [0.1, 0.15) is 30.5 Å². The van der Waals surface area contributed by atoms with Crippen LogP contribution in [0.5, 0.6) is 0 Å². The number of rotatable bonds is 5. The lowest BCUT2D eigenvalue weighted by Crippen LogP contribution is -2.48. The predicted molar refractivity (Wildman–Crippen MR) is 119 cm³/mol. The molecule has 30 heavy (non-hydrogen) atoms. The lowest BCUT2D eigenvalue weighted by atomic mass is 9.93. The van der Waals surface area contributed by atoms with Crippen molar-refractivity contribution in [3.05, 3.63) is 54.1 Å². The van der Waals surface area contributed by atoms with Crippen molar-refractivity contribution in [3.63, 3.8) is 0 Å². The number of guanidine groups is 1. The van der Waals surface area contributed by atoms with Crippen molar-refractivity contribution in [2.75, 3.05) is 46.4 Å². The van der Waals surface area contributed by atoms with Crippen LogP contribution in [-0.2, 0) is 17.8 Å². The van der Waals surface area contributed by atoms with Crippen molar-refractivity contribution in [2.24, 2.45) is 10.9 Å². The second-order valence-electron chi connectivity index (χ2n) is 8.40. The maximum Gasteiger partial charge on any atom is 0.193 e. The molecule has 3 heterocycles. The van der Waals surface area contributed by atoms with Crippen LogP contribution in [0.2, 0.25) is 0 Å². The van der Waals surface area contributed by atoms with E-state index >= 15 is 0 Å². The smallest absolute Gasteiger partial charge is 0.193 e. The first-order valence-electron chi connectivity index (χ1n) is 11.0. The number of aliphatic imine (C=N–C) groups is 1. The number of nitrogens with zero attached hydrogens (tertiary/aromatic N) is 5. The van der Waals surface area contributed by atoms with Gasteiger partial charge in [0, 0.05) is 58.7 Å². The molecule has 2 saturated heterocycles. The van der Waals surface area contributed by atoms with Gasteiger partial charge in [-0.15, -0.1) is 0 Å². The normalized spacial score (nSPS) is 23.5. The van der Waals surface area contributed by atoms with Gasteiger partial charge in [-0.3, -0.25) is 9.89 Å². The molecule has 162 valence electrons. The maximum atomic E-state index is 5.44. The first-order valence-corrected chi connectivity index (χ1v) is 11.0. The van der Waals surface area contributed by atoms with Crippen LogP contribution in [0.15, 0.2) is 48.0 Å². The van der Waals surface area contributed by atoms with Gasteiger partial charge in [0.2, 0.25) is 0 Å². The maximum absolute atomic E-state index is 5.44. The number of likely N-dealkylation sites (tertiary alicyclic amines) is 1. The van der Waals surface area contributed by atoms with Crippen LogP contribution in [0.25, 0.3) is 0 Å². The summed E-state index contributed by atoms with van der Waals surface area (Å²) >= 11 is 0. The van der Waals surface area contributed by atoms with Crippen LogP contribution in [0, 0.1) is 5.92 Å². The van der Waals surface area contributed by atoms with E-state index in [1.165, 1.54) is 11.1 Å². The highest BCUT2D eigenvalue weighted by Crippen LogP contribution is 2.27. The topological polar surface area (TPSA) is 57.9 Å². The van der Waals surface area contributed by atoms with Crippen LogP contribution in [0.3, 0.4) is 0 Å². The molecular weight excluding hydrogens is 376 g/mol. The molecule has 4 rings (SSSR count). The molecule has 2 aromatic rings. The number of aromatic nitrogens is 2. The molecule has 2 atom stereocenters. The van der Waals surface area contributed by atoms with E-state index in [1.807, 2.05) is 19.6 Å². The zero-order valence-electron chi connectivity index (χ0n) is 18.2. The van der Waals surface area contributed by atoms with Crippen molar-refractivity contribution in [1.82, 2.24) is 24.7 Å². The van der Waals surface area contributed by atoms with Crippen molar-refractivity contribution in [2.45, 2.75) is 32.5 Å². The monoisotopic (exact) mass is 410 g/mol. The van der Waals surface area contributed by atoms with E-state index < -0.39 is 0 Å². The number of imidazole rings is 1. The van der Waals surface area contributed by atoms with Crippen molar-refractivity contribution < 1.29 is 4.74 Å². The minimum Gasteiger partial charge on any atom is -0.379 e. The molecule has 0 saturated carbocycles. The zero-order valence-corrected chi connectivity index (χ0v) is 18.2. The number of piperidine rings is 1. The summed E-state index contributed by atoms with van der Waals surface area (Å²) in [5.74, 6) is 1.61. The summed E-state index contributed by atoms with van der Waals surface area (Å²) in [4.78, 5) is 13.6. The predicted octanol–water partition coefficient (Wildman–Crippen LogP) is 2.37. The fraction of sp³-hybridized carbons (Fsp3) is 0.565. The van der Waals surface area contributed by atoms with E-state index in [-0.39, 0.29) is 0 Å². The molecule has 1 N–H and O–H groups in total. The Hall–Kier alpha value is -2.38. The fourth-order valence-electron chi connectivity index (χ4n) is 4.39. The summed E-state index contributed by atoms with van der Waals surface area (Å²) < 4.78 is 7.67. The van der Waals surface area contributed by atoms with Crippen LogP contribution < -0.4 is 5.32 Å². The highest BCUT2D eigenvalue weighted by atomic mass is 16.5. The van der Waals surface area contributed by atoms with Crippen molar-refractivity contribution >= 4 is 5.96 Å². The molecule has 2 aliphatic heterocycles. The molecule has 2 aliphatic rings. The molecule has 2 unspecified atom stereocenters. The quantitative estimate of drug-likeness (QED) is 0.606. The molecular formula is C23H34N6O. The summed E-state index contributed by atoms with van der Waals surface area (Å²) in [6, 6.07) is 9.37. The second kappa shape index (κ2) is 10.1. The molecule has 0 radical (unpaired) electrons. The van der Waals surface area contributed by atoms with E-state index in [0.29, 0.717) is 12.0 Å². The Bertz CT molecular complexity index is 798. The third-order valence-electron chi connectivity index (χ3n) is 6.32. The molecule has 1 aromatic carbocycles. The highest BCUT2D eigenvalue weighted by Gasteiger charge is 2.28. The largest absolute Gasteiger partial charge is 0.379 e. The fourth-order valence-corrected chi connectivity index (χ4v) is 4.39. The van der Waals surface area contributed by atoms with Crippen molar-refractivity contribution in [1.29, 1.82) is 0 Å². The van der Waals surface area contributed by atoms with Gasteiger partial charge in [-0.05, 0) is 23.5 Å². The first-order chi connectivity index (χ1) is 14.7. The minimum absolute atomic E-state index is 0.430. The Morgan fingerprint density at radius 3 is 2.63 bits per heavy atom. The van der Waals surface area contributed by atoms with Crippen LogP contribution in [0.4, 0.5) is 0 Å². The average Bonchev–Trinajstić information content (AvgIpc) is 3.32. The lowest BCUT2D eigenvalue weighted by molar-refractivity contribution is 0.0342. The van der Waals surface area contributed by atoms with Crippen molar-refractivity contribution in [3.8, 4) is 0 Å². The lowest BCUT2D eigenvalue weighted by Gasteiger charge is -2.39. The molecule has 7 nitrogen and oxygen atoms in total. The average molecular weight is 411 g/mol. The van der Waals surface area contributed by atoms with Gasteiger partial charge in [0.25, 0.3) is 0 Å². The highest BCUT2D eigenvalue weighted by molar-refractivity contribution is 5.80. The number of nitrogens with one attached hydrogen (secondary N) is 1. The molecule has 0 spiro atoms. The van der Waals surface area contributed by atoms with Gasteiger partial charge >= 0.3 is 0 Å². The summed E-state index contributed by atoms with van der Waals surface area (Å²) in [7, 11) is 1.87. The first kappa shape index (κ1) is 20.9. The van der Waals surface area contributed by atoms with Gasteiger partial charge in [0.15, 0.2) is 5.96 Å². The number of ether oxygens (including phenoxy) is 1. The summed E-state index contributed by atoms with van der Waals surface area (Å²) in [6.45, 7) is 9.84. The third-order valence-corrected chi connectivity index (χ3v) is 6.32. The molecule has 0 aliphatic carbocycles. The van der Waals surface area contributed by atoms with E-state index in [1.54, 1.807) is 0 Å². The van der Waals surface area contributed by atoms with Crippen LogP contribution in [-0.4, -0.2) is 71.8 Å². The molecule has 1 aromatic heterocycles. The molecule has 0 amide bonds. The van der Waals surface area contributed by atoms with Gasteiger partial charge in [0.1, 0.15) is 0 Å². The second-order valence-corrected chi connectivity index (χ2v) is 8.40. The Kier molecular flexibility index (Phi) is 7.02. The van der Waals surface area contributed by atoms with E-state index in [0.717, 1.165) is 64.9 Å². The van der Waals surface area contributed by atoms with E-state index in [2.05, 4.69) is 67.0 Å². The van der Waals surface area contributed by atoms with Crippen LogP contribution >= 0.6 is 0 Å². The summed E-state index contributed by atoms with van der Waals surface area (Å²) in [5.41, 5.74) is 2.64. The van der Waals surface area contributed by atoms with Gasteiger partial charge in [-0.2, -0.15) is 0 Å². The summed E-state index contributed by atoms with van der Waals surface area (Å²) in [5, 5.41) is 3.56. The van der Waals surface area contributed by atoms with Gasteiger partial charge < -0.3 is 19.5 Å². The number of hydrogen-bond acceptors (Lipinski definition) is 4. The van der Waals surface area contributed by atoms with Gasteiger partial charge in [-0.25, -0.2) is 4.98 Å². The van der Waals surface area contributed by atoms with E-state index in [9.17, 15) is 0 Å². The number of morpholine rings is 1. The number of benzene rings is 1. The number of hydrogen-bond donors (Lipinski definition) is 1. The Morgan fingerprint density at radius 2 is 1.93 bits per heavy atom. The Morgan fingerprint density at radius 1 is 1.17 bits per heavy atom. The zero-order chi connectivity index (χ0) is 20.8. The molecule has 7 heteroatoms. The molecule has 2 fully saturated rings. The SMILES string of the molecule is CN=C(NCc1ccc(CN2CCOCC2)cc1)N1CCC(C)C(n2ccnc2)C1. The third kappa shape index (κ3) is 5.21. The Balaban J connectivity index is 1.31.